The van der Waals surface area contributed by atoms with E-state index in [1.165, 1.54) is 24.3 Å². The number of likely N-dealkylation sites (N-methyl/N-ethyl adjacent to an activating group) is 1. The van der Waals surface area contributed by atoms with Gasteiger partial charge in [-0.2, -0.15) is 0 Å². The number of fused-ring (bicyclic) bond motifs is 1. The van der Waals surface area contributed by atoms with Crippen LogP contribution in [0.15, 0.2) is 42.5 Å². The van der Waals surface area contributed by atoms with Crippen molar-refractivity contribution >= 4 is 17.5 Å². The Hall–Kier alpha value is -2.97. The van der Waals surface area contributed by atoms with Crippen LogP contribution < -0.4 is 15.4 Å². The molecule has 172 valence electrons. The zero-order valence-electron chi connectivity index (χ0n) is 18.9. The molecule has 0 aromatic heterocycles. The molecule has 2 amide bonds. The number of hydrogen-bond donors (Lipinski definition) is 2. The molecule has 2 aromatic rings. The molecule has 2 N–H and O–H groups in total. The van der Waals surface area contributed by atoms with E-state index < -0.39 is 11.7 Å². The first-order valence-corrected chi connectivity index (χ1v) is 10.6. The lowest BCUT2D eigenvalue weighted by Gasteiger charge is -2.30. The molecule has 1 aliphatic heterocycles. The van der Waals surface area contributed by atoms with Gasteiger partial charge >= 0.3 is 0 Å². The largest absolute Gasteiger partial charge is 0.491 e. The highest BCUT2D eigenvalue weighted by Gasteiger charge is 2.25. The van der Waals surface area contributed by atoms with Crippen molar-refractivity contribution in [1.29, 1.82) is 0 Å². The number of methoxy groups -OCH3 is 1. The molecule has 0 bridgehead atoms. The monoisotopic (exact) mass is 443 g/mol. The van der Waals surface area contributed by atoms with E-state index in [0.29, 0.717) is 35.7 Å². The number of ether oxygens (including phenoxy) is 2. The molecule has 1 aliphatic rings. The molecule has 0 spiro atoms. The highest BCUT2D eigenvalue weighted by molar-refractivity contribution is 6.05. The Balaban J connectivity index is 1.88. The number of hydrogen-bond acceptors (Lipinski definition) is 5. The standard InChI is InChI=1S/C24H30FN3O4/c1-15-12-26-16(2)14-32-21-10-9-19(27-23(29)17-5-7-18(25)8-6-17)11-20(21)24(30)28(3)13-22(15)31-4/h5-11,15-16,22,26H,12-14H2,1-4H3,(H,27,29)/t15-,16+,22+/m0/s1. The highest BCUT2D eigenvalue weighted by atomic mass is 19.1. The summed E-state index contributed by atoms with van der Waals surface area (Å²) in [5, 5.41) is 6.20. The number of anilines is 1. The summed E-state index contributed by atoms with van der Waals surface area (Å²) in [4.78, 5) is 27.4. The summed E-state index contributed by atoms with van der Waals surface area (Å²) in [7, 11) is 3.37. The van der Waals surface area contributed by atoms with Gasteiger partial charge in [0, 0.05) is 44.5 Å². The summed E-state index contributed by atoms with van der Waals surface area (Å²) < 4.78 is 24.7. The van der Waals surface area contributed by atoms with Gasteiger partial charge in [0.1, 0.15) is 18.2 Å². The number of nitrogens with one attached hydrogen (secondary N) is 2. The van der Waals surface area contributed by atoms with Crippen molar-refractivity contribution in [2.75, 3.05) is 39.2 Å². The van der Waals surface area contributed by atoms with Gasteiger partial charge in [-0.3, -0.25) is 9.59 Å². The minimum atomic E-state index is -0.417. The molecular formula is C24H30FN3O4. The Kier molecular flexibility index (Phi) is 7.82. The molecule has 2 aromatic carbocycles. The number of halogens is 1. The zero-order chi connectivity index (χ0) is 23.3. The van der Waals surface area contributed by atoms with Crippen LogP contribution in [0.2, 0.25) is 0 Å². The lowest BCUT2D eigenvalue weighted by atomic mass is 10.0. The summed E-state index contributed by atoms with van der Waals surface area (Å²) in [5.41, 5.74) is 1.11. The van der Waals surface area contributed by atoms with E-state index in [4.69, 9.17) is 9.47 Å². The van der Waals surface area contributed by atoms with Gasteiger partial charge in [-0.05, 0) is 55.3 Å². The number of carbonyl (C=O) groups excluding carboxylic acids is 2. The maximum absolute atomic E-state index is 13.3. The third-order valence-corrected chi connectivity index (χ3v) is 5.59. The highest BCUT2D eigenvalue weighted by Crippen LogP contribution is 2.26. The minimum absolute atomic E-state index is 0.0768. The fourth-order valence-corrected chi connectivity index (χ4v) is 3.54. The molecule has 0 unspecified atom stereocenters. The van der Waals surface area contributed by atoms with Crippen molar-refractivity contribution in [2.45, 2.75) is 26.0 Å². The summed E-state index contributed by atoms with van der Waals surface area (Å²) in [6.07, 6.45) is -0.131. The molecule has 3 atom stereocenters. The first kappa shape index (κ1) is 23.7. The second kappa shape index (κ2) is 10.6. The second-order valence-corrected chi connectivity index (χ2v) is 8.23. The van der Waals surface area contributed by atoms with Gasteiger partial charge < -0.3 is 25.0 Å². The van der Waals surface area contributed by atoms with E-state index in [1.54, 1.807) is 37.3 Å². The lowest BCUT2D eigenvalue weighted by molar-refractivity contribution is 0.0281. The fourth-order valence-electron chi connectivity index (χ4n) is 3.54. The first-order valence-electron chi connectivity index (χ1n) is 10.6. The minimum Gasteiger partial charge on any atom is -0.491 e. The third-order valence-electron chi connectivity index (χ3n) is 5.59. The smallest absolute Gasteiger partial charge is 0.257 e. The van der Waals surface area contributed by atoms with Crippen LogP contribution in [0, 0.1) is 11.7 Å². The van der Waals surface area contributed by atoms with Gasteiger partial charge in [-0.25, -0.2) is 4.39 Å². The maximum atomic E-state index is 13.3. The van der Waals surface area contributed by atoms with Gasteiger partial charge in [-0.15, -0.1) is 0 Å². The fraction of sp³-hybridized carbons (Fsp3) is 0.417. The lowest BCUT2D eigenvalue weighted by Crippen LogP contribution is -2.44. The molecule has 32 heavy (non-hydrogen) atoms. The SMILES string of the molecule is CO[C@@H]1CN(C)C(=O)c2cc(NC(=O)c3ccc(F)cc3)ccc2OC[C@@H](C)NC[C@@H]1C. The van der Waals surface area contributed by atoms with Gasteiger partial charge in [0.25, 0.3) is 11.8 Å². The number of nitrogens with zero attached hydrogens (tertiary/aromatic N) is 1. The Morgan fingerprint density at radius 1 is 1.22 bits per heavy atom. The van der Waals surface area contributed by atoms with E-state index in [9.17, 15) is 14.0 Å². The van der Waals surface area contributed by atoms with E-state index >= 15 is 0 Å². The molecule has 0 saturated heterocycles. The Bertz CT molecular complexity index is 951. The van der Waals surface area contributed by atoms with Crippen LogP contribution in [0.4, 0.5) is 10.1 Å². The predicted molar refractivity (Wildman–Crippen MR) is 121 cm³/mol. The topological polar surface area (TPSA) is 79.9 Å². The van der Waals surface area contributed by atoms with E-state index in [0.717, 1.165) is 6.54 Å². The molecule has 0 saturated carbocycles. The molecule has 0 radical (unpaired) electrons. The van der Waals surface area contributed by atoms with Crippen molar-refractivity contribution < 1.29 is 23.5 Å². The Labute approximate surface area is 187 Å². The van der Waals surface area contributed by atoms with Crippen molar-refractivity contribution in [3.63, 3.8) is 0 Å². The van der Waals surface area contributed by atoms with Crippen LogP contribution in [0.25, 0.3) is 0 Å². The van der Waals surface area contributed by atoms with Crippen molar-refractivity contribution in [1.82, 2.24) is 10.2 Å². The van der Waals surface area contributed by atoms with Crippen LogP contribution in [0.1, 0.15) is 34.6 Å². The molecular weight excluding hydrogens is 413 g/mol. The average Bonchev–Trinajstić information content (AvgIpc) is 2.79. The van der Waals surface area contributed by atoms with Crippen LogP contribution >= 0.6 is 0 Å². The molecule has 8 heteroatoms. The summed E-state index contributed by atoms with van der Waals surface area (Å²) in [5.74, 6) is -0.408. The normalized spacial score (nSPS) is 22.2. The van der Waals surface area contributed by atoms with Crippen LogP contribution in [-0.2, 0) is 4.74 Å². The average molecular weight is 444 g/mol. The summed E-state index contributed by atoms with van der Waals surface area (Å²) >= 11 is 0. The van der Waals surface area contributed by atoms with Crippen LogP contribution in [0.5, 0.6) is 5.75 Å². The number of carbonyl (C=O) groups is 2. The molecule has 3 rings (SSSR count). The number of rotatable bonds is 3. The second-order valence-electron chi connectivity index (χ2n) is 8.23. The Morgan fingerprint density at radius 3 is 2.62 bits per heavy atom. The van der Waals surface area contributed by atoms with Gasteiger partial charge in [0.2, 0.25) is 0 Å². The first-order chi connectivity index (χ1) is 15.3. The number of benzene rings is 2. The molecule has 0 aliphatic carbocycles. The predicted octanol–water partition coefficient (Wildman–Crippen LogP) is 3.17. The summed E-state index contributed by atoms with van der Waals surface area (Å²) in [6, 6.07) is 10.3. The van der Waals surface area contributed by atoms with Gasteiger partial charge in [0.05, 0.1) is 11.7 Å². The van der Waals surface area contributed by atoms with E-state index in [-0.39, 0.29) is 24.0 Å². The van der Waals surface area contributed by atoms with E-state index in [1.807, 2.05) is 6.92 Å². The quantitative estimate of drug-likeness (QED) is 0.762. The molecule has 1 heterocycles. The van der Waals surface area contributed by atoms with E-state index in [2.05, 4.69) is 17.6 Å². The Morgan fingerprint density at radius 2 is 1.94 bits per heavy atom. The van der Waals surface area contributed by atoms with Crippen molar-refractivity contribution in [3.8, 4) is 5.75 Å². The van der Waals surface area contributed by atoms with Crippen LogP contribution in [-0.4, -0.2) is 62.7 Å². The van der Waals surface area contributed by atoms with Crippen molar-refractivity contribution in [3.05, 3.63) is 59.4 Å². The zero-order valence-corrected chi connectivity index (χ0v) is 18.9. The number of amides is 2. The van der Waals surface area contributed by atoms with Gasteiger partial charge in [0.15, 0.2) is 0 Å². The maximum Gasteiger partial charge on any atom is 0.257 e. The van der Waals surface area contributed by atoms with Crippen molar-refractivity contribution in [2.24, 2.45) is 5.92 Å². The third kappa shape index (κ3) is 5.83. The summed E-state index contributed by atoms with van der Waals surface area (Å²) in [6.45, 7) is 5.64. The molecule has 7 nitrogen and oxygen atoms in total. The van der Waals surface area contributed by atoms with Crippen LogP contribution in [0.3, 0.4) is 0 Å². The van der Waals surface area contributed by atoms with Gasteiger partial charge in [-0.1, -0.05) is 6.92 Å². The molecule has 0 fully saturated rings.